The van der Waals surface area contributed by atoms with Crippen LogP contribution in [0.3, 0.4) is 0 Å². The summed E-state index contributed by atoms with van der Waals surface area (Å²) in [5.41, 5.74) is 23.4. The molecule has 0 fully saturated rings. The standard InChI is InChI=1S/C70H94Ge2Si2/c1-42(2)50-28-23-29-51(43(3)4)64(50)57-34-26-35-58(65-52(44(5)6)30-24-31-53(65)45(7)8)68(57)71-40-62(73(17,18)19)72(63(41-71)74(20,21)22)69-59(66-54(46(9)10)32-25-33-55(66)47(11)12)36-27-37-60(69)67-56(48(13)14)38-39-61(71)70(67,72)49(15)16/h23-49,61H,1-22H3/t61-,70-,71?,72?/m0/s1. The van der Waals surface area contributed by atoms with Gasteiger partial charge in [0.2, 0.25) is 0 Å². The third-order valence-corrected chi connectivity index (χ3v) is 61.9. The van der Waals surface area contributed by atoms with E-state index in [1.165, 1.54) is 44.5 Å². The number of hydrogen-bond donors (Lipinski definition) is 0. The summed E-state index contributed by atoms with van der Waals surface area (Å²) >= 11 is -7.82. The zero-order chi connectivity index (χ0) is 54.1. The van der Waals surface area contributed by atoms with Crippen LogP contribution in [0.4, 0.5) is 0 Å². The van der Waals surface area contributed by atoms with Gasteiger partial charge in [-0.1, -0.05) is 0 Å². The van der Waals surface area contributed by atoms with Crippen LogP contribution in [0.5, 0.6) is 0 Å². The molecule has 390 valence electrons. The van der Waals surface area contributed by atoms with Crippen LogP contribution < -0.4 is 8.79 Å². The molecule has 0 radical (unpaired) electrons. The second-order valence-electron chi connectivity index (χ2n) is 28.0. The van der Waals surface area contributed by atoms with Crippen LogP contribution in [0.2, 0.25) is 48.3 Å². The van der Waals surface area contributed by atoms with Crippen molar-refractivity contribution in [1.82, 2.24) is 0 Å². The Hall–Kier alpha value is -3.42. The molecule has 4 heterocycles. The van der Waals surface area contributed by atoms with Crippen LogP contribution in [0.25, 0.3) is 39.0 Å². The first kappa shape index (κ1) is 55.3. The van der Waals surface area contributed by atoms with Crippen LogP contribution in [0.15, 0.2) is 127 Å². The van der Waals surface area contributed by atoms with Crippen molar-refractivity contribution in [3.8, 4) is 33.4 Å². The molecule has 0 unspecified atom stereocenters. The van der Waals surface area contributed by atoms with E-state index in [9.17, 15) is 0 Å². The number of rotatable bonds is 14. The summed E-state index contributed by atoms with van der Waals surface area (Å²) in [7, 11) is -4.28. The summed E-state index contributed by atoms with van der Waals surface area (Å²) in [6.07, 6.45) is 5.70. The van der Waals surface area contributed by atoms with Crippen molar-refractivity contribution in [3.63, 3.8) is 0 Å². The zero-order valence-electron chi connectivity index (χ0n) is 50.2. The van der Waals surface area contributed by atoms with E-state index in [0.29, 0.717) is 52.1 Å². The van der Waals surface area contributed by atoms with E-state index in [0.717, 1.165) is 0 Å². The Morgan fingerprint density at radius 2 is 0.703 bits per heavy atom. The first-order chi connectivity index (χ1) is 34.6. The fraction of sp³-hybridized carbons (Fsp3) is 0.457. The Labute approximate surface area is 458 Å². The average molecular weight is 1140 g/mol. The van der Waals surface area contributed by atoms with Gasteiger partial charge in [0, 0.05) is 0 Å². The number of allylic oxidation sites excluding steroid dienone is 4. The molecule has 5 aliphatic rings. The van der Waals surface area contributed by atoms with Gasteiger partial charge in [-0.05, 0) is 0 Å². The zero-order valence-corrected chi connectivity index (χ0v) is 56.4. The van der Waals surface area contributed by atoms with Crippen LogP contribution >= 0.6 is 0 Å². The molecule has 2 atom stereocenters. The second kappa shape index (κ2) is 19.5. The van der Waals surface area contributed by atoms with E-state index >= 15 is 0 Å². The van der Waals surface area contributed by atoms with Gasteiger partial charge in [-0.25, -0.2) is 0 Å². The van der Waals surface area contributed by atoms with Crippen LogP contribution in [0.1, 0.15) is 185 Å². The monoisotopic (exact) mass is 1140 g/mol. The molecular formula is C70H94Ge2Si2. The molecule has 0 N–H and O–H groups in total. The molecule has 2 bridgehead atoms. The molecule has 74 heavy (non-hydrogen) atoms. The van der Waals surface area contributed by atoms with Gasteiger partial charge in [0.05, 0.1) is 0 Å². The maximum absolute atomic E-state index is 3.94. The predicted octanol–water partition coefficient (Wildman–Crippen LogP) is 20.0. The van der Waals surface area contributed by atoms with Gasteiger partial charge in [-0.15, -0.1) is 0 Å². The summed E-state index contributed by atoms with van der Waals surface area (Å²) in [5, 5.41) is 0. The average Bonchev–Trinajstić information content (AvgIpc) is 3.61. The van der Waals surface area contributed by atoms with Gasteiger partial charge in [0.1, 0.15) is 0 Å². The normalized spacial score (nSPS) is 22.4. The fourth-order valence-electron chi connectivity index (χ4n) is 16.0. The quantitative estimate of drug-likeness (QED) is 0.0972. The van der Waals surface area contributed by atoms with Crippen LogP contribution in [-0.4, -0.2) is 42.7 Å². The molecule has 4 heteroatoms. The van der Waals surface area contributed by atoms with Gasteiger partial charge in [-0.2, -0.15) is 0 Å². The van der Waals surface area contributed by atoms with Gasteiger partial charge >= 0.3 is 462 Å². The molecule has 1 aliphatic carbocycles. The van der Waals surface area contributed by atoms with Crippen molar-refractivity contribution in [3.05, 3.63) is 166 Å². The molecule has 5 aromatic carbocycles. The minimum atomic E-state index is -3.94. The van der Waals surface area contributed by atoms with Crippen molar-refractivity contribution in [2.75, 3.05) is 0 Å². The summed E-state index contributed by atoms with van der Waals surface area (Å²) in [4.78, 5) is 6.63. The van der Waals surface area contributed by atoms with E-state index in [2.05, 4.69) is 263 Å². The van der Waals surface area contributed by atoms with E-state index in [1.807, 2.05) is 12.5 Å². The van der Waals surface area contributed by atoms with Crippen molar-refractivity contribution < 1.29 is 0 Å². The number of hydrogen-bond acceptors (Lipinski definition) is 0. The van der Waals surface area contributed by atoms with Gasteiger partial charge in [-0.3, -0.25) is 0 Å². The second-order valence-corrected chi connectivity index (χ2v) is 55.8. The molecule has 10 rings (SSSR count). The topological polar surface area (TPSA) is 0 Å². The molecule has 0 saturated heterocycles. The number of benzene rings is 5. The molecule has 0 saturated carbocycles. The SMILES string of the molecule is CC(C)C1=C2c3cccc(-c4c(C(C)C)cccc4C(C)C)[c]3[Ge]34[C]([Si](C)(C)C)=[CH][Ge]([c]5c(-c6c(C(C)C)cccc6C(C)C)cccc5-c5c(C(C)C)cccc5C(C)C)([CH]=[C]3[Si](C)(C)C)[C@@H](C=C1)[C@@]24C(C)C. The Bertz CT molecular complexity index is 2970. The third kappa shape index (κ3) is 7.94. The van der Waals surface area contributed by atoms with Gasteiger partial charge in [0.15, 0.2) is 0 Å². The van der Waals surface area contributed by atoms with Gasteiger partial charge in [0.25, 0.3) is 0 Å². The molecule has 5 aromatic rings. The molecule has 1 spiro atoms. The fourth-order valence-corrected chi connectivity index (χ4v) is 84.4. The van der Waals surface area contributed by atoms with Crippen molar-refractivity contribution in [1.29, 1.82) is 0 Å². The molecule has 4 aliphatic heterocycles. The summed E-state index contributed by atoms with van der Waals surface area (Å²) in [5.74, 6) is 3.20. The Morgan fingerprint density at radius 3 is 1.00 bits per heavy atom. The van der Waals surface area contributed by atoms with E-state index in [1.54, 1.807) is 43.4 Å². The summed E-state index contributed by atoms with van der Waals surface area (Å²) in [6, 6.07) is 37.7. The third-order valence-electron chi connectivity index (χ3n) is 18.7. The van der Waals surface area contributed by atoms with E-state index < -0.39 is 42.7 Å². The number of fused-ring (bicyclic) bond motifs is 2. The summed E-state index contributed by atoms with van der Waals surface area (Å²) < 4.78 is 8.09. The Morgan fingerprint density at radius 1 is 0.392 bits per heavy atom. The molecule has 0 aromatic heterocycles. The molecule has 0 amide bonds. The molecular weight excluding hydrogens is 1040 g/mol. The Kier molecular flexibility index (Phi) is 14.6. The van der Waals surface area contributed by atoms with Crippen LogP contribution in [0, 0.1) is 11.8 Å². The maximum atomic E-state index is 3.31. The first-order valence-corrected chi connectivity index (χ1v) is 45.1. The van der Waals surface area contributed by atoms with Gasteiger partial charge < -0.3 is 0 Å². The van der Waals surface area contributed by atoms with E-state index in [4.69, 9.17) is 0 Å². The van der Waals surface area contributed by atoms with E-state index in [-0.39, 0.29) is 4.25 Å². The first-order valence-electron chi connectivity index (χ1n) is 29.2. The predicted molar refractivity (Wildman–Crippen MR) is 340 cm³/mol. The molecule has 0 nitrogen and oxygen atoms in total. The minimum absolute atomic E-state index is 0.00639. The van der Waals surface area contributed by atoms with Crippen LogP contribution in [-0.2, 0) is 0 Å². The van der Waals surface area contributed by atoms with Crippen molar-refractivity contribution >= 4 is 57.0 Å². The Balaban J connectivity index is 1.63. The van der Waals surface area contributed by atoms with Crippen molar-refractivity contribution in [2.45, 2.75) is 195 Å². The summed E-state index contributed by atoms with van der Waals surface area (Å²) in [6.45, 7) is 56.7. The van der Waals surface area contributed by atoms with Crippen molar-refractivity contribution in [2.24, 2.45) is 11.8 Å².